The molecule has 2 aromatic carbocycles. The summed E-state index contributed by atoms with van der Waals surface area (Å²) < 4.78 is 31.4. The number of aromatic carboxylic acids is 1. The molecule has 0 fully saturated rings. The van der Waals surface area contributed by atoms with Crippen LogP contribution in [0.2, 0.25) is 0 Å². The van der Waals surface area contributed by atoms with Crippen LogP contribution in [0.3, 0.4) is 0 Å². The molecule has 0 aliphatic carbocycles. The Morgan fingerprint density at radius 2 is 1.90 bits per heavy atom. The van der Waals surface area contributed by atoms with E-state index in [4.69, 9.17) is 9.52 Å². The van der Waals surface area contributed by atoms with E-state index in [2.05, 4.69) is 4.98 Å². The summed E-state index contributed by atoms with van der Waals surface area (Å²) in [5.41, 5.74) is 1.05. The Balaban J connectivity index is 2.12. The monoisotopic (exact) mass is 275 g/mol. The van der Waals surface area contributed by atoms with Crippen LogP contribution >= 0.6 is 0 Å². The first-order valence-corrected chi connectivity index (χ1v) is 5.64. The lowest BCUT2D eigenvalue weighted by Gasteiger charge is -1.96. The number of fused-ring (bicyclic) bond motifs is 1. The third-order valence-electron chi connectivity index (χ3n) is 2.80. The molecule has 20 heavy (non-hydrogen) atoms. The molecule has 1 heterocycles. The fourth-order valence-corrected chi connectivity index (χ4v) is 1.81. The Hall–Kier alpha value is -2.76. The molecule has 0 aliphatic rings. The highest BCUT2D eigenvalue weighted by molar-refractivity contribution is 5.92. The maximum Gasteiger partial charge on any atom is 0.335 e. The third kappa shape index (κ3) is 2.01. The Morgan fingerprint density at radius 1 is 1.10 bits per heavy atom. The van der Waals surface area contributed by atoms with Crippen LogP contribution in [-0.2, 0) is 0 Å². The van der Waals surface area contributed by atoms with Crippen molar-refractivity contribution in [2.75, 3.05) is 0 Å². The van der Waals surface area contributed by atoms with Gasteiger partial charge in [-0.05, 0) is 36.4 Å². The summed E-state index contributed by atoms with van der Waals surface area (Å²) in [6.07, 6.45) is 0. The molecular weight excluding hydrogens is 268 g/mol. The van der Waals surface area contributed by atoms with Crippen LogP contribution < -0.4 is 0 Å². The van der Waals surface area contributed by atoms with Crippen molar-refractivity contribution in [2.24, 2.45) is 0 Å². The first-order valence-electron chi connectivity index (χ1n) is 5.64. The van der Waals surface area contributed by atoms with Crippen molar-refractivity contribution in [1.29, 1.82) is 0 Å². The number of hydrogen-bond acceptors (Lipinski definition) is 3. The molecular formula is C14H7F2NO3. The molecule has 0 atom stereocenters. The summed E-state index contributed by atoms with van der Waals surface area (Å²) in [6.45, 7) is 0. The maximum atomic E-state index is 13.2. The topological polar surface area (TPSA) is 63.3 Å². The molecule has 4 nitrogen and oxygen atoms in total. The number of nitrogens with zero attached hydrogens (tertiary/aromatic N) is 1. The molecule has 3 rings (SSSR count). The molecule has 0 unspecified atom stereocenters. The lowest BCUT2D eigenvalue weighted by molar-refractivity contribution is 0.0697. The van der Waals surface area contributed by atoms with Gasteiger partial charge in [-0.25, -0.2) is 18.6 Å². The van der Waals surface area contributed by atoms with Gasteiger partial charge in [0.1, 0.15) is 5.52 Å². The second kappa shape index (κ2) is 4.41. The van der Waals surface area contributed by atoms with Crippen molar-refractivity contribution in [3.05, 3.63) is 53.6 Å². The van der Waals surface area contributed by atoms with E-state index in [0.29, 0.717) is 11.1 Å². The standard InChI is InChI=1S/C14H7F2NO3/c15-9-3-1-7(5-10(9)16)13-17-11-6-8(14(18)19)2-4-12(11)20-13/h1-6H,(H,18,19). The number of halogens is 2. The van der Waals surface area contributed by atoms with E-state index in [1.807, 2.05) is 0 Å². The Morgan fingerprint density at radius 3 is 2.60 bits per heavy atom. The van der Waals surface area contributed by atoms with Crippen LogP contribution in [0, 0.1) is 11.6 Å². The predicted octanol–water partition coefficient (Wildman–Crippen LogP) is 3.47. The minimum atomic E-state index is -1.08. The Labute approximate surface area is 111 Å². The van der Waals surface area contributed by atoms with E-state index in [-0.39, 0.29) is 17.0 Å². The summed E-state index contributed by atoms with van der Waals surface area (Å²) in [4.78, 5) is 14.9. The quantitative estimate of drug-likeness (QED) is 0.777. The van der Waals surface area contributed by atoms with Gasteiger partial charge in [-0.2, -0.15) is 0 Å². The van der Waals surface area contributed by atoms with Crippen LogP contribution in [0.15, 0.2) is 40.8 Å². The smallest absolute Gasteiger partial charge is 0.335 e. The van der Waals surface area contributed by atoms with Crippen molar-refractivity contribution in [3.8, 4) is 11.5 Å². The number of carbonyl (C=O) groups is 1. The zero-order valence-electron chi connectivity index (χ0n) is 9.93. The number of oxazole rings is 1. The second-order valence-corrected chi connectivity index (χ2v) is 4.14. The molecule has 100 valence electrons. The zero-order valence-corrected chi connectivity index (χ0v) is 9.93. The molecule has 0 radical (unpaired) electrons. The van der Waals surface area contributed by atoms with Gasteiger partial charge in [0.25, 0.3) is 0 Å². The largest absolute Gasteiger partial charge is 0.478 e. The van der Waals surface area contributed by atoms with Gasteiger partial charge < -0.3 is 9.52 Å². The number of carboxylic acid groups (broad SMARTS) is 1. The van der Waals surface area contributed by atoms with Crippen molar-refractivity contribution in [3.63, 3.8) is 0 Å². The molecule has 0 amide bonds. The minimum Gasteiger partial charge on any atom is -0.478 e. The number of carboxylic acids is 1. The van der Waals surface area contributed by atoms with Gasteiger partial charge in [-0.1, -0.05) is 0 Å². The number of benzene rings is 2. The van der Waals surface area contributed by atoms with Gasteiger partial charge >= 0.3 is 5.97 Å². The number of hydrogen-bond donors (Lipinski definition) is 1. The Bertz CT molecular complexity index is 826. The summed E-state index contributed by atoms with van der Waals surface area (Å²) in [5, 5.41) is 8.89. The third-order valence-corrected chi connectivity index (χ3v) is 2.80. The molecule has 0 saturated carbocycles. The maximum absolute atomic E-state index is 13.2. The fraction of sp³-hybridized carbons (Fsp3) is 0. The average molecular weight is 275 g/mol. The molecule has 3 aromatic rings. The van der Waals surface area contributed by atoms with Crippen LogP contribution in [0.5, 0.6) is 0 Å². The number of aromatic nitrogens is 1. The molecule has 0 saturated heterocycles. The summed E-state index contributed by atoms with van der Waals surface area (Å²) in [7, 11) is 0. The molecule has 0 bridgehead atoms. The van der Waals surface area contributed by atoms with Crippen molar-refractivity contribution >= 4 is 17.1 Å². The lowest BCUT2D eigenvalue weighted by atomic mass is 10.2. The van der Waals surface area contributed by atoms with Crippen molar-refractivity contribution < 1.29 is 23.1 Å². The van der Waals surface area contributed by atoms with Crippen LogP contribution in [0.25, 0.3) is 22.6 Å². The van der Waals surface area contributed by atoms with E-state index in [1.54, 1.807) is 0 Å². The molecule has 0 spiro atoms. The first kappa shape index (κ1) is 12.3. The number of rotatable bonds is 2. The molecule has 0 aliphatic heterocycles. The van der Waals surface area contributed by atoms with Gasteiger partial charge in [0.2, 0.25) is 5.89 Å². The van der Waals surface area contributed by atoms with Gasteiger partial charge in [-0.3, -0.25) is 0 Å². The van der Waals surface area contributed by atoms with Crippen LogP contribution in [0.1, 0.15) is 10.4 Å². The summed E-state index contributed by atoms with van der Waals surface area (Å²) in [6, 6.07) is 7.48. The Kier molecular flexibility index (Phi) is 2.71. The first-order chi connectivity index (χ1) is 9.54. The van der Waals surface area contributed by atoms with Gasteiger partial charge in [0.05, 0.1) is 5.56 Å². The predicted molar refractivity (Wildman–Crippen MR) is 66.3 cm³/mol. The summed E-state index contributed by atoms with van der Waals surface area (Å²) in [5.74, 6) is -2.94. The highest BCUT2D eigenvalue weighted by Crippen LogP contribution is 2.26. The van der Waals surface area contributed by atoms with Gasteiger partial charge in [0, 0.05) is 5.56 Å². The van der Waals surface area contributed by atoms with Gasteiger partial charge in [-0.15, -0.1) is 0 Å². The molecule has 1 N–H and O–H groups in total. The zero-order chi connectivity index (χ0) is 14.3. The normalized spacial score (nSPS) is 10.9. The SMILES string of the molecule is O=C(O)c1ccc2oc(-c3ccc(F)c(F)c3)nc2c1. The lowest BCUT2D eigenvalue weighted by Crippen LogP contribution is -1.94. The van der Waals surface area contributed by atoms with E-state index >= 15 is 0 Å². The van der Waals surface area contributed by atoms with Crippen molar-refractivity contribution in [2.45, 2.75) is 0 Å². The van der Waals surface area contributed by atoms with E-state index in [9.17, 15) is 13.6 Å². The molecule has 6 heteroatoms. The minimum absolute atomic E-state index is 0.0719. The summed E-state index contributed by atoms with van der Waals surface area (Å²) >= 11 is 0. The molecule has 1 aromatic heterocycles. The fourth-order valence-electron chi connectivity index (χ4n) is 1.81. The average Bonchev–Trinajstić information content (AvgIpc) is 2.84. The van der Waals surface area contributed by atoms with E-state index in [0.717, 1.165) is 12.1 Å². The van der Waals surface area contributed by atoms with E-state index < -0.39 is 17.6 Å². The van der Waals surface area contributed by atoms with Gasteiger partial charge in [0.15, 0.2) is 17.2 Å². The highest BCUT2D eigenvalue weighted by Gasteiger charge is 2.12. The highest BCUT2D eigenvalue weighted by atomic mass is 19.2. The van der Waals surface area contributed by atoms with Crippen molar-refractivity contribution in [1.82, 2.24) is 4.98 Å². The van der Waals surface area contributed by atoms with E-state index in [1.165, 1.54) is 24.3 Å². The second-order valence-electron chi connectivity index (χ2n) is 4.14. The van der Waals surface area contributed by atoms with Crippen LogP contribution in [0.4, 0.5) is 8.78 Å². The van der Waals surface area contributed by atoms with Crippen LogP contribution in [-0.4, -0.2) is 16.1 Å².